The van der Waals surface area contributed by atoms with E-state index in [1.807, 2.05) is 0 Å². The molecule has 25 heavy (non-hydrogen) atoms. The Balaban J connectivity index is 1.85. The summed E-state index contributed by atoms with van der Waals surface area (Å²) in [5.74, 6) is -0.246. The lowest BCUT2D eigenvalue weighted by atomic mass is 10.1. The third-order valence-electron chi connectivity index (χ3n) is 3.98. The lowest BCUT2D eigenvalue weighted by Crippen LogP contribution is -2.09. The molecule has 6 nitrogen and oxygen atoms in total. The van der Waals surface area contributed by atoms with Gasteiger partial charge >= 0.3 is 6.18 Å². The Morgan fingerprint density at radius 2 is 2.08 bits per heavy atom. The summed E-state index contributed by atoms with van der Waals surface area (Å²) in [6.45, 7) is 1.71. The van der Waals surface area contributed by atoms with Crippen molar-refractivity contribution in [3.63, 3.8) is 0 Å². The van der Waals surface area contributed by atoms with Gasteiger partial charge in [-0.25, -0.2) is 9.97 Å². The maximum Gasteiger partial charge on any atom is 0.453 e. The van der Waals surface area contributed by atoms with Crippen molar-refractivity contribution in [3.8, 4) is 11.6 Å². The Bertz CT molecular complexity index is 970. The van der Waals surface area contributed by atoms with Crippen LogP contribution in [-0.2, 0) is 17.4 Å². The monoisotopic (exact) mass is 350 g/mol. The van der Waals surface area contributed by atoms with Crippen molar-refractivity contribution in [2.75, 3.05) is 0 Å². The number of furan rings is 1. The molecule has 1 saturated carbocycles. The van der Waals surface area contributed by atoms with Crippen LogP contribution >= 0.6 is 0 Å². The first-order valence-electron chi connectivity index (χ1n) is 7.74. The van der Waals surface area contributed by atoms with E-state index in [1.54, 1.807) is 19.1 Å². The summed E-state index contributed by atoms with van der Waals surface area (Å²) in [6.07, 6.45) is -2.91. The zero-order valence-corrected chi connectivity index (χ0v) is 13.2. The van der Waals surface area contributed by atoms with E-state index in [2.05, 4.69) is 15.1 Å². The fourth-order valence-electron chi connectivity index (χ4n) is 2.59. The van der Waals surface area contributed by atoms with E-state index >= 15 is 0 Å². The number of ketones is 1. The van der Waals surface area contributed by atoms with Crippen molar-refractivity contribution < 1.29 is 22.4 Å². The molecule has 130 valence electrons. The van der Waals surface area contributed by atoms with Crippen molar-refractivity contribution in [1.29, 1.82) is 0 Å². The molecule has 1 aliphatic carbocycles. The van der Waals surface area contributed by atoms with Crippen LogP contribution in [0.1, 0.15) is 30.1 Å². The number of nitrogens with zero attached hydrogens (tertiary/aromatic N) is 4. The summed E-state index contributed by atoms with van der Waals surface area (Å²) >= 11 is 0. The molecule has 0 N–H and O–H groups in total. The second-order valence-corrected chi connectivity index (χ2v) is 6.10. The van der Waals surface area contributed by atoms with Gasteiger partial charge in [0.25, 0.3) is 5.82 Å². The number of aryl methyl sites for hydroxylation is 1. The fourth-order valence-corrected chi connectivity index (χ4v) is 2.59. The summed E-state index contributed by atoms with van der Waals surface area (Å²) in [4.78, 5) is 19.9. The molecule has 3 aromatic heterocycles. The molecule has 0 radical (unpaired) electrons. The predicted molar refractivity (Wildman–Crippen MR) is 79.7 cm³/mol. The van der Waals surface area contributed by atoms with Gasteiger partial charge in [-0.1, -0.05) is 0 Å². The lowest BCUT2D eigenvalue weighted by Gasteiger charge is -2.05. The largest absolute Gasteiger partial charge is 0.458 e. The first-order chi connectivity index (χ1) is 11.8. The maximum absolute atomic E-state index is 13.0. The number of aromatic nitrogens is 4. The van der Waals surface area contributed by atoms with Gasteiger partial charge < -0.3 is 4.42 Å². The van der Waals surface area contributed by atoms with Gasteiger partial charge in [0.05, 0.1) is 5.69 Å². The first-order valence-corrected chi connectivity index (χ1v) is 7.74. The van der Waals surface area contributed by atoms with Crippen LogP contribution < -0.4 is 0 Å². The predicted octanol–water partition coefficient (Wildman–Crippen LogP) is 3.23. The van der Waals surface area contributed by atoms with Crippen molar-refractivity contribution in [1.82, 2.24) is 19.6 Å². The molecule has 0 bridgehead atoms. The molecular formula is C16H13F3N4O2. The summed E-state index contributed by atoms with van der Waals surface area (Å²) in [5.41, 5.74) is 0.333. The third-order valence-corrected chi connectivity index (χ3v) is 3.98. The van der Waals surface area contributed by atoms with E-state index in [1.165, 1.54) is 6.07 Å². The SMILES string of the molecule is Cc1ccc(-c2nc(CC(=O)C3CC3)cc3nc(C(F)(F)F)nn23)o1. The van der Waals surface area contributed by atoms with Crippen LogP contribution in [0.25, 0.3) is 17.2 Å². The van der Waals surface area contributed by atoms with E-state index in [9.17, 15) is 18.0 Å². The van der Waals surface area contributed by atoms with E-state index in [0.717, 1.165) is 17.4 Å². The van der Waals surface area contributed by atoms with Crippen LogP contribution in [-0.4, -0.2) is 25.4 Å². The van der Waals surface area contributed by atoms with Gasteiger partial charge in [-0.05, 0) is 31.9 Å². The molecule has 9 heteroatoms. The molecular weight excluding hydrogens is 337 g/mol. The van der Waals surface area contributed by atoms with E-state index < -0.39 is 12.0 Å². The minimum Gasteiger partial charge on any atom is -0.458 e. The molecule has 3 heterocycles. The highest BCUT2D eigenvalue weighted by Crippen LogP contribution is 2.32. The van der Waals surface area contributed by atoms with Gasteiger partial charge in [-0.2, -0.15) is 17.7 Å². The molecule has 0 unspecified atom stereocenters. The normalized spacial score (nSPS) is 15.0. The Morgan fingerprint density at radius 1 is 1.32 bits per heavy atom. The standard InChI is InChI=1S/C16H13F3N4O2/c1-8-2-5-12(25-8)14-20-10(6-11(24)9-3-4-9)7-13-21-15(16(17,18)19)22-23(13)14/h2,5,7,9H,3-4,6H2,1H3. The highest BCUT2D eigenvalue weighted by molar-refractivity contribution is 5.85. The molecule has 0 atom stereocenters. The van der Waals surface area contributed by atoms with Crippen molar-refractivity contribution in [3.05, 3.63) is 35.5 Å². The van der Waals surface area contributed by atoms with Crippen molar-refractivity contribution in [2.45, 2.75) is 32.4 Å². The highest BCUT2D eigenvalue weighted by Gasteiger charge is 2.37. The van der Waals surface area contributed by atoms with Gasteiger partial charge in [0.15, 0.2) is 17.2 Å². The van der Waals surface area contributed by atoms with Crippen LogP contribution in [0.3, 0.4) is 0 Å². The average Bonchev–Trinajstić information content (AvgIpc) is 3.15. The number of fused-ring (bicyclic) bond motifs is 1. The molecule has 0 aliphatic heterocycles. The second-order valence-electron chi connectivity index (χ2n) is 6.10. The molecule has 4 rings (SSSR count). The quantitative estimate of drug-likeness (QED) is 0.722. The zero-order valence-electron chi connectivity index (χ0n) is 13.2. The molecule has 3 aromatic rings. The molecule has 0 aromatic carbocycles. The molecule has 0 amide bonds. The van der Waals surface area contributed by atoms with Gasteiger partial charge in [0.1, 0.15) is 11.5 Å². The number of carbonyl (C=O) groups excluding carboxylic acids is 1. The van der Waals surface area contributed by atoms with E-state index in [-0.39, 0.29) is 35.4 Å². The third kappa shape index (κ3) is 3.01. The van der Waals surface area contributed by atoms with Gasteiger partial charge in [0.2, 0.25) is 0 Å². The number of hydrogen-bond acceptors (Lipinski definition) is 5. The number of hydrogen-bond donors (Lipinski definition) is 0. The van der Waals surface area contributed by atoms with Crippen LogP contribution in [0.15, 0.2) is 22.6 Å². The van der Waals surface area contributed by atoms with Crippen LogP contribution in [0.5, 0.6) is 0 Å². The van der Waals surface area contributed by atoms with Gasteiger partial charge in [-0.3, -0.25) is 4.79 Å². The number of Topliss-reactive ketones (excluding diaryl/α,β-unsaturated/α-hetero) is 1. The lowest BCUT2D eigenvalue weighted by molar-refractivity contribution is -0.144. The minimum absolute atomic E-state index is 0.0232. The van der Waals surface area contributed by atoms with E-state index in [0.29, 0.717) is 11.5 Å². The topological polar surface area (TPSA) is 73.3 Å². The summed E-state index contributed by atoms with van der Waals surface area (Å²) in [5, 5.41) is 3.51. The highest BCUT2D eigenvalue weighted by atomic mass is 19.4. The average molecular weight is 350 g/mol. The maximum atomic E-state index is 13.0. The molecule has 1 fully saturated rings. The molecule has 0 spiro atoms. The smallest absolute Gasteiger partial charge is 0.453 e. The van der Waals surface area contributed by atoms with Crippen LogP contribution in [0.2, 0.25) is 0 Å². The Kier molecular flexibility index (Phi) is 3.41. The first kappa shape index (κ1) is 15.8. The van der Waals surface area contributed by atoms with Gasteiger partial charge in [-0.15, -0.1) is 5.10 Å². The summed E-state index contributed by atoms with van der Waals surface area (Å²) < 4.78 is 45.3. The van der Waals surface area contributed by atoms with Crippen molar-refractivity contribution in [2.24, 2.45) is 5.92 Å². The summed E-state index contributed by atoms with van der Waals surface area (Å²) in [6, 6.07) is 4.63. The Morgan fingerprint density at radius 3 is 2.68 bits per heavy atom. The zero-order chi connectivity index (χ0) is 17.8. The minimum atomic E-state index is -4.67. The number of halogens is 3. The van der Waals surface area contributed by atoms with Crippen molar-refractivity contribution >= 4 is 11.4 Å². The fraction of sp³-hybridized carbons (Fsp3) is 0.375. The van der Waals surface area contributed by atoms with E-state index in [4.69, 9.17) is 4.42 Å². The number of carbonyl (C=O) groups is 1. The van der Waals surface area contributed by atoms with Crippen LogP contribution in [0.4, 0.5) is 13.2 Å². The summed E-state index contributed by atoms with van der Waals surface area (Å²) in [7, 11) is 0. The molecule has 1 aliphatic rings. The second kappa shape index (κ2) is 5.40. The Labute approximate surface area is 139 Å². The van der Waals surface area contributed by atoms with Gasteiger partial charge in [0, 0.05) is 18.4 Å². The van der Waals surface area contributed by atoms with Crippen LogP contribution in [0, 0.1) is 12.8 Å². The number of rotatable bonds is 4. The number of alkyl halides is 3. The molecule has 0 saturated heterocycles. The Hall–Kier alpha value is -2.71.